The standard InChI is InChI=1S/C9H10F3NO3S.ClH/c10-9(11,12)17(14,15)8-3-1-7(2-4-8)16-6-5-13;/h1-4H,5-6,13H2;1H. The van der Waals surface area contributed by atoms with Gasteiger partial charge in [0, 0.05) is 6.54 Å². The maximum absolute atomic E-state index is 12.2. The highest BCUT2D eigenvalue weighted by molar-refractivity contribution is 7.92. The van der Waals surface area contributed by atoms with Crippen LogP contribution in [-0.4, -0.2) is 27.1 Å². The van der Waals surface area contributed by atoms with E-state index in [1.807, 2.05) is 0 Å². The fourth-order valence-electron chi connectivity index (χ4n) is 1.03. The Bertz CT molecular complexity index is 473. The lowest BCUT2D eigenvalue weighted by atomic mass is 10.3. The molecule has 2 N–H and O–H groups in total. The van der Waals surface area contributed by atoms with Crippen molar-refractivity contribution in [2.24, 2.45) is 5.73 Å². The first-order valence-corrected chi connectivity index (χ1v) is 6.01. The second-order valence-corrected chi connectivity index (χ2v) is 5.00. The lowest BCUT2D eigenvalue weighted by Gasteiger charge is -2.09. The number of halogens is 4. The fraction of sp³-hybridized carbons (Fsp3) is 0.333. The third kappa shape index (κ3) is 3.76. The van der Waals surface area contributed by atoms with Gasteiger partial charge in [0.15, 0.2) is 0 Å². The molecule has 4 nitrogen and oxygen atoms in total. The van der Waals surface area contributed by atoms with E-state index < -0.39 is 20.2 Å². The molecule has 0 aliphatic heterocycles. The smallest absolute Gasteiger partial charge is 0.492 e. The van der Waals surface area contributed by atoms with Gasteiger partial charge in [-0.2, -0.15) is 13.2 Å². The average molecular weight is 306 g/mol. The zero-order valence-corrected chi connectivity index (χ0v) is 10.6. The van der Waals surface area contributed by atoms with Gasteiger partial charge in [-0.1, -0.05) is 0 Å². The van der Waals surface area contributed by atoms with Gasteiger partial charge < -0.3 is 10.5 Å². The minimum atomic E-state index is -5.30. The SMILES string of the molecule is Cl.NCCOc1ccc(S(=O)(=O)C(F)(F)F)cc1. The molecule has 0 fully saturated rings. The van der Waals surface area contributed by atoms with E-state index in [1.54, 1.807) is 0 Å². The second-order valence-electron chi connectivity index (χ2n) is 3.06. The molecule has 0 bridgehead atoms. The fourth-order valence-corrected chi connectivity index (χ4v) is 1.79. The first-order chi connectivity index (χ1) is 7.79. The van der Waals surface area contributed by atoms with E-state index in [2.05, 4.69) is 0 Å². The van der Waals surface area contributed by atoms with Crippen LogP contribution in [0, 0.1) is 0 Å². The van der Waals surface area contributed by atoms with Crippen molar-refractivity contribution < 1.29 is 26.3 Å². The molecule has 18 heavy (non-hydrogen) atoms. The molecule has 0 atom stereocenters. The number of hydrogen-bond donors (Lipinski definition) is 1. The van der Waals surface area contributed by atoms with Crippen LogP contribution < -0.4 is 10.5 Å². The molecule has 1 aromatic rings. The normalized spacial score (nSPS) is 11.8. The molecular formula is C9H11ClF3NO3S. The highest BCUT2D eigenvalue weighted by Crippen LogP contribution is 2.30. The van der Waals surface area contributed by atoms with E-state index in [0.717, 1.165) is 24.3 Å². The first-order valence-electron chi connectivity index (χ1n) is 4.53. The molecule has 1 rings (SSSR count). The van der Waals surface area contributed by atoms with E-state index in [4.69, 9.17) is 10.5 Å². The van der Waals surface area contributed by atoms with Crippen molar-refractivity contribution in [3.8, 4) is 5.75 Å². The Kier molecular flexibility index (Phi) is 5.91. The van der Waals surface area contributed by atoms with Crippen molar-refractivity contribution in [2.45, 2.75) is 10.4 Å². The minimum absolute atomic E-state index is 0. The van der Waals surface area contributed by atoms with Crippen molar-refractivity contribution in [1.82, 2.24) is 0 Å². The molecule has 1 aromatic carbocycles. The second kappa shape index (κ2) is 6.26. The van der Waals surface area contributed by atoms with Crippen LogP contribution in [0.15, 0.2) is 29.2 Å². The molecule has 0 heterocycles. The number of rotatable bonds is 4. The quantitative estimate of drug-likeness (QED) is 0.920. The predicted molar refractivity (Wildman–Crippen MR) is 61.5 cm³/mol. The van der Waals surface area contributed by atoms with E-state index >= 15 is 0 Å². The van der Waals surface area contributed by atoms with Gasteiger partial charge in [0.1, 0.15) is 12.4 Å². The molecule has 0 aliphatic rings. The van der Waals surface area contributed by atoms with Crippen molar-refractivity contribution in [2.75, 3.05) is 13.2 Å². The van der Waals surface area contributed by atoms with Crippen LogP contribution in [0.2, 0.25) is 0 Å². The molecule has 0 saturated heterocycles. The maximum Gasteiger partial charge on any atom is 0.501 e. The number of sulfone groups is 1. The van der Waals surface area contributed by atoms with Crippen LogP contribution in [0.5, 0.6) is 5.75 Å². The maximum atomic E-state index is 12.2. The molecule has 0 amide bonds. The van der Waals surface area contributed by atoms with Gasteiger partial charge in [0.2, 0.25) is 0 Å². The zero-order chi connectivity index (χ0) is 13.1. The summed E-state index contributed by atoms with van der Waals surface area (Å²) in [5, 5.41) is 0. The lowest BCUT2D eigenvalue weighted by molar-refractivity contribution is -0.0436. The van der Waals surface area contributed by atoms with Gasteiger partial charge in [0.25, 0.3) is 9.84 Å². The van der Waals surface area contributed by atoms with E-state index in [1.165, 1.54) is 0 Å². The highest BCUT2D eigenvalue weighted by Gasteiger charge is 2.46. The van der Waals surface area contributed by atoms with Gasteiger partial charge >= 0.3 is 5.51 Å². The molecule has 0 spiro atoms. The predicted octanol–water partition coefficient (Wildman–Crippen LogP) is 1.74. The highest BCUT2D eigenvalue weighted by atomic mass is 35.5. The third-order valence-electron chi connectivity index (χ3n) is 1.83. The summed E-state index contributed by atoms with van der Waals surface area (Å²) >= 11 is 0. The molecule has 0 unspecified atom stereocenters. The van der Waals surface area contributed by atoms with Crippen molar-refractivity contribution in [3.05, 3.63) is 24.3 Å². The number of alkyl halides is 3. The molecule has 9 heteroatoms. The number of benzene rings is 1. The Hall–Kier alpha value is -0.990. The van der Waals surface area contributed by atoms with Crippen LogP contribution in [0.1, 0.15) is 0 Å². The summed E-state index contributed by atoms with van der Waals surface area (Å²) in [7, 11) is -5.29. The van der Waals surface area contributed by atoms with E-state index in [0.29, 0.717) is 0 Å². The van der Waals surface area contributed by atoms with Gasteiger partial charge in [0.05, 0.1) is 4.90 Å². The Labute approximate surface area is 108 Å². The topological polar surface area (TPSA) is 69.4 Å². The largest absolute Gasteiger partial charge is 0.501 e. The zero-order valence-electron chi connectivity index (χ0n) is 8.98. The van der Waals surface area contributed by atoms with Crippen LogP contribution in [-0.2, 0) is 9.84 Å². The van der Waals surface area contributed by atoms with Crippen molar-refractivity contribution in [3.63, 3.8) is 0 Å². The van der Waals surface area contributed by atoms with Gasteiger partial charge in [-0.3, -0.25) is 0 Å². The van der Waals surface area contributed by atoms with Gasteiger partial charge in [-0.15, -0.1) is 12.4 Å². The number of ether oxygens (including phenoxy) is 1. The monoisotopic (exact) mass is 305 g/mol. The summed E-state index contributed by atoms with van der Waals surface area (Å²) in [5.74, 6) is 0.261. The van der Waals surface area contributed by atoms with E-state index in [9.17, 15) is 21.6 Å². The molecule has 0 saturated carbocycles. The van der Waals surface area contributed by atoms with Crippen molar-refractivity contribution in [1.29, 1.82) is 0 Å². The van der Waals surface area contributed by atoms with Gasteiger partial charge in [-0.25, -0.2) is 8.42 Å². The van der Waals surface area contributed by atoms with Crippen LogP contribution >= 0.6 is 12.4 Å². The number of nitrogens with two attached hydrogens (primary N) is 1. The summed E-state index contributed by atoms with van der Waals surface area (Å²) in [5.41, 5.74) is -0.136. The minimum Gasteiger partial charge on any atom is -0.492 e. The summed E-state index contributed by atoms with van der Waals surface area (Å²) in [6.45, 7) is 0.452. The Balaban J connectivity index is 0.00000289. The van der Waals surface area contributed by atoms with E-state index in [-0.39, 0.29) is 31.3 Å². The Morgan fingerprint density at radius 2 is 1.67 bits per heavy atom. The molecule has 0 aromatic heterocycles. The number of hydrogen-bond acceptors (Lipinski definition) is 4. The average Bonchev–Trinajstić information content (AvgIpc) is 2.25. The Morgan fingerprint density at radius 3 is 2.06 bits per heavy atom. The molecule has 0 aliphatic carbocycles. The van der Waals surface area contributed by atoms with Crippen molar-refractivity contribution >= 4 is 22.2 Å². The van der Waals surface area contributed by atoms with Crippen LogP contribution in [0.4, 0.5) is 13.2 Å². The lowest BCUT2D eigenvalue weighted by Crippen LogP contribution is -2.23. The van der Waals surface area contributed by atoms with Crippen LogP contribution in [0.3, 0.4) is 0 Å². The molecule has 104 valence electrons. The van der Waals surface area contributed by atoms with Crippen LogP contribution in [0.25, 0.3) is 0 Å². The summed E-state index contributed by atoms with van der Waals surface area (Å²) in [6, 6.07) is 3.98. The van der Waals surface area contributed by atoms with Gasteiger partial charge in [-0.05, 0) is 24.3 Å². The summed E-state index contributed by atoms with van der Waals surface area (Å²) in [4.78, 5) is -0.815. The Morgan fingerprint density at radius 1 is 1.17 bits per heavy atom. The first kappa shape index (κ1) is 17.0. The molecular weight excluding hydrogens is 295 g/mol. The third-order valence-corrected chi connectivity index (χ3v) is 3.33. The summed E-state index contributed by atoms with van der Waals surface area (Å²) < 4.78 is 63.6. The molecule has 0 radical (unpaired) electrons. The summed E-state index contributed by atoms with van der Waals surface area (Å²) in [6.07, 6.45) is 0.